The minimum Gasteiger partial charge on any atom is -0.493 e. The number of nitrogens with one attached hydrogen (secondary N) is 1. The third kappa shape index (κ3) is 4.12. The molecule has 3 heterocycles. The van der Waals surface area contributed by atoms with E-state index in [-0.39, 0.29) is 23.9 Å². The molecule has 2 fully saturated rings. The number of carbonyl (C=O) groups excluding carboxylic acids is 2. The van der Waals surface area contributed by atoms with E-state index >= 15 is 0 Å². The molecule has 1 saturated carbocycles. The second kappa shape index (κ2) is 8.79. The second-order valence-corrected chi connectivity index (χ2v) is 11.1. The number of benzene rings is 2. The first-order chi connectivity index (χ1) is 17.0. The van der Waals surface area contributed by atoms with Gasteiger partial charge in [-0.05, 0) is 63.1 Å². The molecule has 180 valence electrons. The number of carbonyl (C=O) groups is 2. The molecule has 6 nitrogen and oxygen atoms in total. The van der Waals surface area contributed by atoms with Crippen molar-refractivity contribution >= 4 is 23.2 Å². The summed E-state index contributed by atoms with van der Waals surface area (Å²) in [6, 6.07) is 14.1. The highest BCUT2D eigenvalue weighted by molar-refractivity contribution is 7.15. The molecule has 1 aromatic heterocycles. The zero-order valence-corrected chi connectivity index (χ0v) is 20.9. The van der Waals surface area contributed by atoms with E-state index in [1.807, 2.05) is 42.2 Å². The minimum atomic E-state index is -0.0923. The van der Waals surface area contributed by atoms with E-state index in [2.05, 4.69) is 29.4 Å². The molecule has 2 amide bonds. The fourth-order valence-electron chi connectivity index (χ4n) is 5.64. The summed E-state index contributed by atoms with van der Waals surface area (Å²) in [6.07, 6.45) is 3.74. The number of piperidine rings is 1. The molecule has 2 aromatic carbocycles. The zero-order valence-electron chi connectivity index (χ0n) is 20.0. The molecule has 3 aliphatic rings. The first kappa shape index (κ1) is 22.3. The average molecular weight is 488 g/mol. The van der Waals surface area contributed by atoms with Crippen molar-refractivity contribution in [3.63, 3.8) is 0 Å². The van der Waals surface area contributed by atoms with E-state index in [4.69, 9.17) is 4.74 Å². The van der Waals surface area contributed by atoms with Gasteiger partial charge in [-0.2, -0.15) is 0 Å². The number of ether oxygens (including phenoxy) is 1. The highest BCUT2D eigenvalue weighted by Gasteiger charge is 2.54. The van der Waals surface area contributed by atoms with E-state index in [1.165, 1.54) is 0 Å². The molecule has 7 heteroatoms. The van der Waals surface area contributed by atoms with Crippen LogP contribution in [-0.2, 0) is 6.42 Å². The van der Waals surface area contributed by atoms with Crippen molar-refractivity contribution < 1.29 is 14.3 Å². The Morgan fingerprint density at radius 1 is 1.17 bits per heavy atom. The van der Waals surface area contributed by atoms with Crippen molar-refractivity contribution in [1.29, 1.82) is 0 Å². The van der Waals surface area contributed by atoms with Crippen LogP contribution in [0, 0.1) is 19.8 Å². The predicted octanol–water partition coefficient (Wildman–Crippen LogP) is 4.78. The number of likely N-dealkylation sites (tertiary alicyclic amines) is 1. The van der Waals surface area contributed by atoms with Gasteiger partial charge in [-0.1, -0.05) is 35.9 Å². The lowest BCUT2D eigenvalue weighted by atomic mass is 9.99. The van der Waals surface area contributed by atoms with Crippen molar-refractivity contribution in [3.05, 3.63) is 69.9 Å². The molecule has 35 heavy (non-hydrogen) atoms. The van der Waals surface area contributed by atoms with E-state index in [0.29, 0.717) is 30.3 Å². The average Bonchev–Trinajstić information content (AvgIpc) is 3.35. The normalized spacial score (nSPS) is 22.2. The van der Waals surface area contributed by atoms with Gasteiger partial charge in [0.2, 0.25) is 0 Å². The van der Waals surface area contributed by atoms with Gasteiger partial charge in [-0.25, -0.2) is 4.98 Å². The van der Waals surface area contributed by atoms with Crippen LogP contribution in [-0.4, -0.2) is 46.9 Å². The van der Waals surface area contributed by atoms with Crippen LogP contribution in [0.5, 0.6) is 5.75 Å². The number of fused-ring (bicyclic) bond motifs is 2. The molecule has 1 aliphatic carbocycles. The van der Waals surface area contributed by atoms with Crippen LogP contribution in [0.3, 0.4) is 0 Å². The van der Waals surface area contributed by atoms with Crippen LogP contribution in [0.25, 0.3) is 10.4 Å². The number of nitrogens with zero attached hydrogens (tertiary/aromatic N) is 2. The van der Waals surface area contributed by atoms with Crippen LogP contribution in [0.4, 0.5) is 0 Å². The molecule has 3 atom stereocenters. The topological polar surface area (TPSA) is 71.5 Å². The fraction of sp³-hybridized carbons (Fsp3) is 0.393. The lowest BCUT2D eigenvalue weighted by molar-refractivity contribution is 0.0684. The quantitative estimate of drug-likeness (QED) is 0.562. The standard InChI is InChI=1S/C28H29N3O3S/c1-16-6-3-7-18(12-16)26-25(30-17(2)35-26)28(33)31-20(13-19-14-23(19)31)15-29-27(32)22-8-4-10-24-21(22)9-5-11-34-24/h3-4,6-8,10,12,19-20,23H,5,9,11,13-15H2,1-2H3,(H,29,32)/t19-,20+,23+/m1/s1. The third-order valence-corrected chi connectivity index (χ3v) is 8.39. The smallest absolute Gasteiger partial charge is 0.274 e. The maximum Gasteiger partial charge on any atom is 0.274 e. The number of rotatable bonds is 5. The summed E-state index contributed by atoms with van der Waals surface area (Å²) in [5.74, 6) is 1.23. The van der Waals surface area contributed by atoms with Crippen molar-refractivity contribution in [2.75, 3.05) is 13.2 Å². The van der Waals surface area contributed by atoms with E-state index < -0.39 is 0 Å². The molecule has 2 aliphatic heterocycles. The minimum absolute atomic E-state index is 0.0133. The third-order valence-electron chi connectivity index (χ3n) is 7.37. The first-order valence-electron chi connectivity index (χ1n) is 12.4. The van der Waals surface area contributed by atoms with E-state index in [1.54, 1.807) is 11.3 Å². The number of hydrogen-bond donors (Lipinski definition) is 1. The molecule has 0 spiro atoms. The van der Waals surface area contributed by atoms with Crippen molar-refractivity contribution in [2.24, 2.45) is 5.92 Å². The molecule has 0 bridgehead atoms. The number of hydrogen-bond acceptors (Lipinski definition) is 5. The van der Waals surface area contributed by atoms with Crippen molar-refractivity contribution in [1.82, 2.24) is 15.2 Å². The Labute approximate surface area is 209 Å². The van der Waals surface area contributed by atoms with Gasteiger partial charge in [0.15, 0.2) is 0 Å². The summed E-state index contributed by atoms with van der Waals surface area (Å²) < 4.78 is 5.73. The Kier molecular flexibility index (Phi) is 5.60. The highest BCUT2D eigenvalue weighted by Crippen LogP contribution is 2.49. The maximum atomic E-state index is 13.8. The van der Waals surface area contributed by atoms with Gasteiger partial charge in [-0.15, -0.1) is 11.3 Å². The molecular weight excluding hydrogens is 458 g/mol. The SMILES string of the molecule is Cc1cccc(-c2sc(C)nc2C(=O)N2[C@H](CNC(=O)c3cccc4c3CCCO4)C[C@@H]3C[C@@H]32)c1. The lowest BCUT2D eigenvalue weighted by Gasteiger charge is -2.28. The van der Waals surface area contributed by atoms with E-state index in [9.17, 15) is 9.59 Å². The van der Waals surface area contributed by atoms with Gasteiger partial charge >= 0.3 is 0 Å². The Balaban J connectivity index is 1.22. The summed E-state index contributed by atoms with van der Waals surface area (Å²) >= 11 is 1.57. The van der Waals surface area contributed by atoms with Crippen LogP contribution in [0.1, 0.15) is 56.2 Å². The van der Waals surface area contributed by atoms with Crippen molar-refractivity contribution in [2.45, 2.75) is 51.6 Å². The summed E-state index contributed by atoms with van der Waals surface area (Å²) in [4.78, 5) is 34.5. The molecule has 1 saturated heterocycles. The van der Waals surface area contributed by atoms with Crippen LogP contribution < -0.4 is 10.1 Å². The molecule has 0 unspecified atom stereocenters. The summed E-state index contributed by atoms with van der Waals surface area (Å²) in [5, 5.41) is 4.01. The number of thiazole rings is 1. The maximum absolute atomic E-state index is 13.8. The van der Waals surface area contributed by atoms with E-state index in [0.717, 1.165) is 58.0 Å². The van der Waals surface area contributed by atoms with Crippen LogP contribution in [0.2, 0.25) is 0 Å². The van der Waals surface area contributed by atoms with Gasteiger partial charge in [-0.3, -0.25) is 9.59 Å². The Morgan fingerprint density at radius 2 is 2.03 bits per heavy atom. The summed E-state index contributed by atoms with van der Waals surface area (Å²) in [5.41, 5.74) is 4.39. The molecule has 6 rings (SSSR count). The van der Waals surface area contributed by atoms with Crippen LogP contribution in [0.15, 0.2) is 42.5 Å². The predicted molar refractivity (Wildman–Crippen MR) is 136 cm³/mol. The van der Waals surface area contributed by atoms with Crippen LogP contribution >= 0.6 is 11.3 Å². The first-order valence-corrected chi connectivity index (χ1v) is 13.2. The van der Waals surface area contributed by atoms with Gasteiger partial charge in [0, 0.05) is 23.7 Å². The molecule has 3 aromatic rings. The van der Waals surface area contributed by atoms with Gasteiger partial charge < -0.3 is 15.0 Å². The fourth-order valence-corrected chi connectivity index (χ4v) is 6.55. The Morgan fingerprint density at radius 3 is 2.89 bits per heavy atom. The molecule has 0 radical (unpaired) electrons. The number of amides is 2. The molecular formula is C28H29N3O3S. The molecule has 1 N–H and O–H groups in total. The van der Waals surface area contributed by atoms with Gasteiger partial charge in [0.25, 0.3) is 11.8 Å². The zero-order chi connectivity index (χ0) is 24.1. The Hall–Kier alpha value is -3.19. The monoisotopic (exact) mass is 487 g/mol. The van der Waals surface area contributed by atoms with Gasteiger partial charge in [0.1, 0.15) is 11.4 Å². The Bertz CT molecular complexity index is 1320. The second-order valence-electron chi connectivity index (χ2n) is 9.89. The highest BCUT2D eigenvalue weighted by atomic mass is 32.1. The summed E-state index contributed by atoms with van der Waals surface area (Å²) in [7, 11) is 0. The van der Waals surface area contributed by atoms with Gasteiger partial charge in [0.05, 0.1) is 22.5 Å². The summed E-state index contributed by atoms with van der Waals surface area (Å²) in [6.45, 7) is 5.15. The van der Waals surface area contributed by atoms with Crippen molar-refractivity contribution in [3.8, 4) is 16.2 Å². The largest absolute Gasteiger partial charge is 0.493 e. The number of aryl methyl sites for hydroxylation is 2. The number of aromatic nitrogens is 1. The lowest BCUT2D eigenvalue weighted by Crippen LogP contribution is -2.45.